The fourth-order valence-corrected chi connectivity index (χ4v) is 7.26. The standard InChI is InChI=1S/C23H25N3O6S/c1-11-24-20(32-26-11)17-14-6-7-23(9-30-10-23)8-15(14)33-21(17)25-19(27)16-12-2-4-13(5-3-12)18(16)31-22(28)29/h12-13H,2-10H2,1H3,(H,25,27)(H,28,29). The first-order valence-electron chi connectivity index (χ1n) is 11.4. The largest absolute Gasteiger partial charge is 0.511 e. The third-order valence-corrected chi connectivity index (χ3v) is 8.68. The van der Waals surface area contributed by atoms with Gasteiger partial charge >= 0.3 is 6.16 Å². The van der Waals surface area contributed by atoms with Crippen molar-refractivity contribution in [3.05, 3.63) is 27.6 Å². The zero-order valence-corrected chi connectivity index (χ0v) is 19.1. The first-order chi connectivity index (χ1) is 15.9. The van der Waals surface area contributed by atoms with Crippen LogP contribution >= 0.6 is 11.3 Å². The molecule has 0 atom stereocenters. The third kappa shape index (κ3) is 3.47. The highest BCUT2D eigenvalue weighted by Crippen LogP contribution is 2.51. The Morgan fingerprint density at radius 1 is 1.21 bits per heavy atom. The lowest BCUT2D eigenvalue weighted by atomic mass is 9.70. The molecule has 1 spiro atoms. The molecule has 3 heterocycles. The summed E-state index contributed by atoms with van der Waals surface area (Å²) in [5, 5.41) is 17.0. The van der Waals surface area contributed by atoms with E-state index in [4.69, 9.17) is 14.0 Å². The molecule has 2 bridgehead atoms. The van der Waals surface area contributed by atoms with Gasteiger partial charge in [0.15, 0.2) is 5.82 Å². The molecule has 5 aliphatic rings. The number of nitrogens with one attached hydrogen (secondary N) is 1. The highest BCUT2D eigenvalue weighted by molar-refractivity contribution is 7.17. The molecule has 33 heavy (non-hydrogen) atoms. The number of aryl methyl sites for hydroxylation is 1. The quantitative estimate of drug-likeness (QED) is 0.632. The summed E-state index contributed by atoms with van der Waals surface area (Å²) in [6.45, 7) is 3.31. The summed E-state index contributed by atoms with van der Waals surface area (Å²) in [5.41, 5.74) is 2.61. The molecule has 1 amide bonds. The second-order valence-electron chi connectivity index (χ2n) is 9.67. The minimum Gasteiger partial charge on any atom is -0.449 e. The average molecular weight is 472 g/mol. The number of fused-ring (bicyclic) bond motifs is 3. The maximum atomic E-state index is 13.5. The Labute approximate surface area is 194 Å². The van der Waals surface area contributed by atoms with Crippen LogP contribution in [0.25, 0.3) is 11.5 Å². The summed E-state index contributed by atoms with van der Waals surface area (Å²) in [6, 6.07) is 0. The van der Waals surface area contributed by atoms with Crippen molar-refractivity contribution in [2.24, 2.45) is 17.3 Å². The molecule has 9 nitrogen and oxygen atoms in total. The van der Waals surface area contributed by atoms with Crippen LogP contribution in [0.2, 0.25) is 0 Å². The number of carbonyl (C=O) groups is 2. The monoisotopic (exact) mass is 471 g/mol. The molecule has 2 aromatic rings. The van der Waals surface area contributed by atoms with Crippen molar-refractivity contribution in [3.63, 3.8) is 0 Å². The van der Waals surface area contributed by atoms with Gasteiger partial charge in [0, 0.05) is 16.2 Å². The zero-order valence-electron chi connectivity index (χ0n) is 18.3. The van der Waals surface area contributed by atoms with Gasteiger partial charge in [0.25, 0.3) is 11.8 Å². The topological polar surface area (TPSA) is 124 Å². The number of hydrogen-bond acceptors (Lipinski definition) is 8. The molecule has 2 fully saturated rings. The number of nitrogens with zero attached hydrogens (tertiary/aromatic N) is 2. The molecule has 1 aliphatic heterocycles. The van der Waals surface area contributed by atoms with E-state index < -0.39 is 6.16 Å². The summed E-state index contributed by atoms with van der Waals surface area (Å²) >= 11 is 1.55. The lowest BCUT2D eigenvalue weighted by Crippen LogP contribution is -2.46. The number of aromatic nitrogens is 2. The predicted octanol–water partition coefficient (Wildman–Crippen LogP) is 4.32. The highest BCUT2D eigenvalue weighted by Gasteiger charge is 2.44. The highest BCUT2D eigenvalue weighted by atomic mass is 32.1. The van der Waals surface area contributed by atoms with Crippen molar-refractivity contribution in [2.45, 2.75) is 51.9 Å². The Bertz CT molecular complexity index is 1170. The number of amides is 1. The van der Waals surface area contributed by atoms with Crippen LogP contribution in [0, 0.1) is 24.2 Å². The average Bonchev–Trinajstić information content (AvgIpc) is 3.34. The molecule has 0 aromatic carbocycles. The van der Waals surface area contributed by atoms with Crippen LogP contribution in [-0.4, -0.2) is 40.5 Å². The first kappa shape index (κ1) is 20.9. The van der Waals surface area contributed by atoms with E-state index in [1.165, 1.54) is 4.88 Å². The van der Waals surface area contributed by atoms with Gasteiger partial charge in [-0.15, -0.1) is 11.3 Å². The van der Waals surface area contributed by atoms with E-state index in [1.54, 1.807) is 18.3 Å². The SMILES string of the molecule is Cc1noc(-c2c(NC(=O)C3=C(OC(=O)O)C4CCC3CC4)sc3c2CCC2(COC2)C3)n1. The number of anilines is 1. The van der Waals surface area contributed by atoms with E-state index in [0.717, 1.165) is 69.3 Å². The van der Waals surface area contributed by atoms with Crippen molar-refractivity contribution < 1.29 is 28.7 Å². The number of thiophene rings is 1. The van der Waals surface area contributed by atoms with Crippen molar-refractivity contribution >= 4 is 28.4 Å². The van der Waals surface area contributed by atoms with Crippen LogP contribution < -0.4 is 5.32 Å². The van der Waals surface area contributed by atoms with E-state index >= 15 is 0 Å². The number of ether oxygens (including phenoxy) is 2. The molecular weight excluding hydrogens is 446 g/mol. The maximum absolute atomic E-state index is 13.5. The van der Waals surface area contributed by atoms with E-state index in [2.05, 4.69) is 15.5 Å². The van der Waals surface area contributed by atoms with Crippen molar-refractivity contribution in [1.82, 2.24) is 10.1 Å². The van der Waals surface area contributed by atoms with E-state index in [-0.39, 0.29) is 23.2 Å². The minimum absolute atomic E-state index is 0.0140. The van der Waals surface area contributed by atoms with Crippen LogP contribution in [0.5, 0.6) is 0 Å². The number of rotatable bonds is 4. The second kappa shape index (κ2) is 7.66. The minimum atomic E-state index is -1.37. The van der Waals surface area contributed by atoms with E-state index in [1.807, 2.05) is 0 Å². The Balaban J connectivity index is 1.38. The summed E-state index contributed by atoms with van der Waals surface area (Å²) < 4.78 is 16.1. The van der Waals surface area contributed by atoms with E-state index in [9.17, 15) is 14.7 Å². The lowest BCUT2D eigenvalue weighted by molar-refractivity contribution is -0.119. The first-order valence-corrected chi connectivity index (χ1v) is 12.2. The summed E-state index contributed by atoms with van der Waals surface area (Å²) in [4.78, 5) is 30.5. The zero-order chi connectivity index (χ0) is 22.7. The predicted molar refractivity (Wildman–Crippen MR) is 118 cm³/mol. The van der Waals surface area contributed by atoms with Crippen molar-refractivity contribution in [2.75, 3.05) is 18.5 Å². The van der Waals surface area contributed by atoms with Gasteiger partial charge in [-0.25, -0.2) is 4.79 Å². The van der Waals surface area contributed by atoms with Crippen molar-refractivity contribution in [3.8, 4) is 11.5 Å². The molecule has 4 aliphatic carbocycles. The van der Waals surface area contributed by atoms with Gasteiger partial charge < -0.3 is 24.4 Å². The van der Waals surface area contributed by atoms with Gasteiger partial charge in [0.05, 0.1) is 24.4 Å². The van der Waals surface area contributed by atoms with Gasteiger partial charge in [-0.3, -0.25) is 4.79 Å². The number of allylic oxidation sites excluding steroid dienone is 1. The molecule has 1 saturated carbocycles. The Hall–Kier alpha value is -2.72. The molecule has 2 N–H and O–H groups in total. The molecule has 174 valence electrons. The smallest absolute Gasteiger partial charge is 0.449 e. The second-order valence-corrected chi connectivity index (χ2v) is 10.8. The molecule has 10 heteroatoms. The van der Waals surface area contributed by atoms with Crippen LogP contribution in [-0.2, 0) is 27.1 Å². The van der Waals surface area contributed by atoms with Crippen LogP contribution in [0.1, 0.15) is 48.4 Å². The van der Waals surface area contributed by atoms with Gasteiger partial charge in [-0.1, -0.05) is 5.16 Å². The van der Waals surface area contributed by atoms with Gasteiger partial charge in [-0.2, -0.15) is 4.98 Å². The molecule has 2 aromatic heterocycles. The summed E-state index contributed by atoms with van der Waals surface area (Å²) in [7, 11) is 0. The third-order valence-electron chi connectivity index (χ3n) is 7.53. The molecule has 7 rings (SSSR count). The molecular formula is C23H25N3O6S. The number of carbonyl (C=O) groups excluding carboxylic acids is 1. The Kier molecular flexibility index (Phi) is 4.84. The lowest BCUT2D eigenvalue weighted by Gasteiger charge is -2.44. The summed E-state index contributed by atoms with van der Waals surface area (Å²) in [5.74, 6) is 0.972. The fourth-order valence-electron chi connectivity index (χ4n) is 5.85. The molecule has 0 unspecified atom stereocenters. The number of hydrogen-bond donors (Lipinski definition) is 2. The Morgan fingerprint density at radius 2 is 1.97 bits per heavy atom. The van der Waals surface area contributed by atoms with Crippen molar-refractivity contribution in [1.29, 1.82) is 0 Å². The van der Waals surface area contributed by atoms with E-state index in [0.29, 0.717) is 28.0 Å². The van der Waals surface area contributed by atoms with Crippen LogP contribution in [0.4, 0.5) is 9.80 Å². The van der Waals surface area contributed by atoms with Crippen LogP contribution in [0.15, 0.2) is 15.9 Å². The maximum Gasteiger partial charge on any atom is 0.511 e. The number of carboxylic acid groups (broad SMARTS) is 1. The molecule has 0 radical (unpaired) electrons. The Morgan fingerprint density at radius 3 is 2.61 bits per heavy atom. The van der Waals surface area contributed by atoms with Gasteiger partial charge in [-0.05, 0) is 63.4 Å². The van der Waals surface area contributed by atoms with Gasteiger partial charge in [0.2, 0.25) is 0 Å². The normalized spacial score (nSPS) is 25.0. The molecule has 1 saturated heterocycles. The van der Waals surface area contributed by atoms with Crippen LogP contribution in [0.3, 0.4) is 0 Å². The van der Waals surface area contributed by atoms with Gasteiger partial charge in [0.1, 0.15) is 10.8 Å². The fraction of sp³-hybridized carbons (Fsp3) is 0.565. The summed E-state index contributed by atoms with van der Waals surface area (Å²) in [6.07, 6.45) is 4.88.